The van der Waals surface area contributed by atoms with Gasteiger partial charge in [-0.25, -0.2) is 17.7 Å². The minimum Gasteiger partial charge on any atom is -0.330 e. The van der Waals surface area contributed by atoms with E-state index in [0.717, 1.165) is 42.0 Å². The van der Waals surface area contributed by atoms with Gasteiger partial charge >= 0.3 is 0 Å². The van der Waals surface area contributed by atoms with Crippen molar-refractivity contribution in [3.05, 3.63) is 35.9 Å². The summed E-state index contributed by atoms with van der Waals surface area (Å²) in [5.41, 5.74) is 3.06. The Hall–Kier alpha value is -1.73. The van der Waals surface area contributed by atoms with Crippen LogP contribution < -0.4 is 0 Å². The van der Waals surface area contributed by atoms with Crippen LogP contribution in [0.5, 0.6) is 0 Å². The summed E-state index contributed by atoms with van der Waals surface area (Å²) in [6.07, 6.45) is 7.89. The summed E-state index contributed by atoms with van der Waals surface area (Å²) in [4.78, 5) is 8.86. The molecule has 2 aromatic heterocycles. The van der Waals surface area contributed by atoms with E-state index in [0.29, 0.717) is 19.0 Å². The van der Waals surface area contributed by atoms with Crippen molar-refractivity contribution in [3.8, 4) is 11.4 Å². The minimum absolute atomic E-state index is 0.361. The quantitative estimate of drug-likeness (QED) is 0.847. The van der Waals surface area contributed by atoms with E-state index in [1.807, 2.05) is 37.0 Å². The van der Waals surface area contributed by atoms with E-state index in [2.05, 4.69) is 16.0 Å². The van der Waals surface area contributed by atoms with E-state index in [9.17, 15) is 8.42 Å². The maximum atomic E-state index is 11.7. The van der Waals surface area contributed by atoms with Gasteiger partial charge in [-0.2, -0.15) is 0 Å². The normalized spacial score (nSPS) is 19.5. The van der Waals surface area contributed by atoms with Crippen LogP contribution in [0.3, 0.4) is 0 Å². The van der Waals surface area contributed by atoms with Crippen LogP contribution in [0.2, 0.25) is 0 Å². The maximum absolute atomic E-state index is 11.7. The molecule has 0 aliphatic carbocycles. The summed E-state index contributed by atoms with van der Waals surface area (Å²) >= 11 is 0. The smallest absolute Gasteiger partial charge is 0.211 e. The summed E-state index contributed by atoms with van der Waals surface area (Å²) in [7, 11) is -1.11. The molecule has 0 N–H and O–H groups in total. The highest BCUT2D eigenvalue weighted by Crippen LogP contribution is 2.23. The number of hydrogen-bond acceptors (Lipinski definition) is 4. The average molecular weight is 348 g/mol. The fraction of sp³-hybridized carbons (Fsp3) is 0.529. The molecule has 1 aliphatic rings. The van der Waals surface area contributed by atoms with E-state index < -0.39 is 10.0 Å². The Kier molecular flexibility index (Phi) is 4.73. The number of nitrogens with zero attached hydrogens (tertiary/aromatic N) is 4. The highest BCUT2D eigenvalue weighted by atomic mass is 32.2. The molecule has 3 rings (SSSR count). The third kappa shape index (κ3) is 3.67. The number of aromatic nitrogens is 3. The number of aryl methyl sites for hydroxylation is 1. The molecule has 7 heteroatoms. The lowest BCUT2D eigenvalue weighted by Crippen LogP contribution is -2.39. The van der Waals surface area contributed by atoms with E-state index >= 15 is 0 Å². The van der Waals surface area contributed by atoms with Crippen LogP contribution in [0.15, 0.2) is 24.5 Å². The molecule has 0 spiro atoms. The summed E-state index contributed by atoms with van der Waals surface area (Å²) < 4.78 is 27.1. The van der Waals surface area contributed by atoms with Gasteiger partial charge in [-0.05, 0) is 43.7 Å². The largest absolute Gasteiger partial charge is 0.330 e. The molecular weight excluding hydrogens is 324 g/mol. The van der Waals surface area contributed by atoms with Crippen LogP contribution >= 0.6 is 0 Å². The van der Waals surface area contributed by atoms with Crippen LogP contribution in [0.25, 0.3) is 11.4 Å². The Balaban J connectivity index is 1.69. The Morgan fingerprint density at radius 1 is 1.25 bits per heavy atom. The summed E-state index contributed by atoms with van der Waals surface area (Å²) in [5.74, 6) is 1.32. The Bertz CT molecular complexity index is 812. The lowest BCUT2D eigenvalue weighted by molar-refractivity contribution is 0.266. The second-order valence-corrected chi connectivity index (χ2v) is 8.62. The molecule has 24 heavy (non-hydrogen) atoms. The van der Waals surface area contributed by atoms with Crippen LogP contribution in [-0.4, -0.2) is 46.6 Å². The zero-order valence-corrected chi connectivity index (χ0v) is 15.3. The van der Waals surface area contributed by atoms with Crippen LogP contribution in [-0.2, 0) is 23.5 Å². The maximum Gasteiger partial charge on any atom is 0.211 e. The van der Waals surface area contributed by atoms with Crippen molar-refractivity contribution in [2.75, 3.05) is 19.3 Å². The fourth-order valence-corrected chi connectivity index (χ4v) is 4.21. The van der Waals surface area contributed by atoms with Crippen molar-refractivity contribution in [3.63, 3.8) is 0 Å². The third-order valence-corrected chi connectivity index (χ3v) is 6.05. The highest BCUT2D eigenvalue weighted by Gasteiger charge is 2.25. The van der Waals surface area contributed by atoms with E-state index in [-0.39, 0.29) is 0 Å². The minimum atomic E-state index is -3.09. The molecule has 3 heterocycles. The van der Waals surface area contributed by atoms with E-state index in [1.54, 1.807) is 4.31 Å². The van der Waals surface area contributed by atoms with Crippen molar-refractivity contribution in [2.24, 2.45) is 13.0 Å². The Labute approximate surface area is 143 Å². The first-order valence-corrected chi connectivity index (χ1v) is 10.1. The fourth-order valence-electron chi connectivity index (χ4n) is 3.26. The van der Waals surface area contributed by atoms with Gasteiger partial charge in [0.05, 0.1) is 23.8 Å². The highest BCUT2D eigenvalue weighted by molar-refractivity contribution is 7.88. The summed E-state index contributed by atoms with van der Waals surface area (Å²) in [5, 5.41) is 0. The molecule has 2 aromatic rings. The van der Waals surface area contributed by atoms with Crippen molar-refractivity contribution in [2.45, 2.75) is 26.2 Å². The van der Waals surface area contributed by atoms with Gasteiger partial charge in [-0.15, -0.1) is 0 Å². The second-order valence-electron chi connectivity index (χ2n) is 6.63. The van der Waals surface area contributed by atoms with Gasteiger partial charge in [-0.1, -0.05) is 6.07 Å². The molecule has 130 valence electrons. The number of piperidine rings is 1. The molecule has 1 aliphatic heterocycles. The standard InChI is InChI=1S/C17H24N4O2S/c1-13-18-11-17(20(13)2)16-7-6-14(10-19-16)9-15-5-4-8-21(12-15)24(3,22)23/h6-7,10-11,15H,4-5,8-9,12H2,1-3H3. The molecule has 0 amide bonds. The number of imidazole rings is 1. The Morgan fingerprint density at radius 3 is 2.62 bits per heavy atom. The lowest BCUT2D eigenvalue weighted by Gasteiger charge is -2.30. The zero-order chi connectivity index (χ0) is 17.3. The van der Waals surface area contributed by atoms with Gasteiger partial charge in [0.25, 0.3) is 0 Å². The zero-order valence-electron chi connectivity index (χ0n) is 14.4. The van der Waals surface area contributed by atoms with Gasteiger partial charge in [-0.3, -0.25) is 4.98 Å². The first-order chi connectivity index (χ1) is 11.3. The molecule has 0 saturated carbocycles. The predicted molar refractivity (Wildman–Crippen MR) is 94.0 cm³/mol. The van der Waals surface area contributed by atoms with Gasteiger partial charge in [0.2, 0.25) is 10.0 Å². The Morgan fingerprint density at radius 2 is 2.04 bits per heavy atom. The molecular formula is C17H24N4O2S. The van der Waals surface area contributed by atoms with Crippen molar-refractivity contribution in [1.29, 1.82) is 0 Å². The van der Waals surface area contributed by atoms with E-state index in [4.69, 9.17) is 0 Å². The molecule has 1 unspecified atom stereocenters. The SMILES string of the molecule is Cc1ncc(-c2ccc(CC3CCCN(S(C)(=O)=O)C3)cn2)n1C. The third-order valence-electron chi connectivity index (χ3n) is 4.78. The van der Waals surface area contributed by atoms with E-state index in [1.165, 1.54) is 6.26 Å². The first kappa shape index (κ1) is 17.1. The van der Waals surface area contributed by atoms with Gasteiger partial charge in [0.15, 0.2) is 0 Å². The van der Waals surface area contributed by atoms with Crippen molar-refractivity contribution < 1.29 is 8.42 Å². The summed E-state index contributed by atoms with van der Waals surface area (Å²) in [6, 6.07) is 4.10. The number of rotatable bonds is 4. The monoisotopic (exact) mass is 348 g/mol. The number of pyridine rings is 1. The van der Waals surface area contributed by atoms with Gasteiger partial charge < -0.3 is 4.57 Å². The molecule has 1 atom stereocenters. The van der Waals surface area contributed by atoms with Crippen LogP contribution in [0.4, 0.5) is 0 Å². The predicted octanol–water partition coefficient (Wildman–Crippen LogP) is 2.00. The molecule has 0 radical (unpaired) electrons. The summed E-state index contributed by atoms with van der Waals surface area (Å²) in [6.45, 7) is 3.22. The second kappa shape index (κ2) is 6.64. The van der Waals surface area contributed by atoms with Gasteiger partial charge in [0, 0.05) is 26.3 Å². The number of sulfonamides is 1. The molecule has 1 fully saturated rings. The molecule has 0 aromatic carbocycles. The molecule has 0 bridgehead atoms. The number of hydrogen-bond donors (Lipinski definition) is 0. The molecule has 1 saturated heterocycles. The van der Waals surface area contributed by atoms with Crippen molar-refractivity contribution >= 4 is 10.0 Å². The van der Waals surface area contributed by atoms with Crippen LogP contribution in [0, 0.1) is 12.8 Å². The van der Waals surface area contributed by atoms with Gasteiger partial charge in [0.1, 0.15) is 5.82 Å². The first-order valence-electron chi connectivity index (χ1n) is 8.23. The average Bonchev–Trinajstić information content (AvgIpc) is 2.87. The lowest BCUT2D eigenvalue weighted by atomic mass is 9.93. The molecule has 6 nitrogen and oxygen atoms in total. The van der Waals surface area contributed by atoms with Crippen LogP contribution in [0.1, 0.15) is 24.2 Å². The topological polar surface area (TPSA) is 68.1 Å². The van der Waals surface area contributed by atoms with Crippen molar-refractivity contribution in [1.82, 2.24) is 18.8 Å².